The molecule has 2 aliphatic rings. The molecule has 2 rings (SSSR count). The van der Waals surface area contributed by atoms with Crippen LogP contribution in [0.5, 0.6) is 0 Å². The lowest BCUT2D eigenvalue weighted by atomic mass is 10.0. The van der Waals surface area contributed by atoms with Gasteiger partial charge < -0.3 is 0 Å². The van der Waals surface area contributed by atoms with Gasteiger partial charge in [0.25, 0.3) is 23.5 Å². The lowest BCUT2D eigenvalue weighted by Crippen LogP contribution is -2.62. The summed E-state index contributed by atoms with van der Waals surface area (Å²) in [5.74, 6) is -6.77. The number of nitrogens with zero attached hydrogens (tertiary/aromatic N) is 1. The smallest absolute Gasteiger partial charge is 0.285 e. The highest BCUT2D eigenvalue weighted by atomic mass is 19.1. The van der Waals surface area contributed by atoms with Gasteiger partial charge in [0.2, 0.25) is 5.91 Å². The molecule has 0 saturated carbocycles. The molecule has 7 heteroatoms. The Bertz CT molecular complexity index is 622. The summed E-state index contributed by atoms with van der Waals surface area (Å²) >= 11 is 0. The summed E-state index contributed by atoms with van der Waals surface area (Å²) in [7, 11) is 0. The molecule has 4 amide bonds. The third-order valence-electron chi connectivity index (χ3n) is 3.20. The van der Waals surface area contributed by atoms with Gasteiger partial charge in [0, 0.05) is 12.8 Å². The predicted molar refractivity (Wildman–Crippen MR) is 104 cm³/mol. The molecule has 27 heavy (non-hydrogen) atoms. The zero-order valence-corrected chi connectivity index (χ0v) is 16.7. The van der Waals surface area contributed by atoms with Crippen LogP contribution in [-0.2, 0) is 19.2 Å². The molecule has 6 nitrogen and oxygen atoms in total. The summed E-state index contributed by atoms with van der Waals surface area (Å²) in [5, 5.41) is 1.78. The summed E-state index contributed by atoms with van der Waals surface area (Å²) in [4.78, 5) is 47.1. The number of allylic oxidation sites excluding steroid dienone is 1. The van der Waals surface area contributed by atoms with E-state index in [9.17, 15) is 23.6 Å². The molecule has 0 spiro atoms. The normalized spacial score (nSPS) is 20.9. The van der Waals surface area contributed by atoms with Crippen LogP contribution in [0, 0.1) is 0 Å². The van der Waals surface area contributed by atoms with E-state index in [1.807, 2.05) is 34.6 Å². The first-order valence-corrected chi connectivity index (χ1v) is 8.76. The van der Waals surface area contributed by atoms with Crippen molar-refractivity contribution in [3.63, 3.8) is 0 Å². The maximum atomic E-state index is 14.8. The first-order chi connectivity index (χ1) is 12.8. The van der Waals surface area contributed by atoms with Gasteiger partial charge in [-0.25, -0.2) is 9.29 Å². The number of hydrogen-bond donors (Lipinski definition) is 1. The second-order valence-corrected chi connectivity index (χ2v) is 4.73. The van der Waals surface area contributed by atoms with Crippen molar-refractivity contribution in [2.24, 2.45) is 0 Å². The Labute approximate surface area is 160 Å². The number of alkyl halides is 1. The summed E-state index contributed by atoms with van der Waals surface area (Å²) in [5.41, 5.74) is -0.238. The Morgan fingerprint density at radius 2 is 1.33 bits per heavy atom. The molecule has 1 N–H and O–H groups in total. The van der Waals surface area contributed by atoms with Crippen molar-refractivity contribution in [2.45, 2.75) is 53.3 Å². The van der Waals surface area contributed by atoms with Gasteiger partial charge >= 0.3 is 0 Å². The zero-order valence-electron chi connectivity index (χ0n) is 16.7. The molecule has 0 aromatic heterocycles. The van der Waals surface area contributed by atoms with Gasteiger partial charge in [0.15, 0.2) is 0 Å². The third-order valence-corrected chi connectivity index (χ3v) is 3.20. The van der Waals surface area contributed by atoms with Crippen molar-refractivity contribution >= 4 is 23.6 Å². The summed E-state index contributed by atoms with van der Waals surface area (Å²) in [6.07, 6.45) is 3.09. The minimum Gasteiger partial charge on any atom is -0.292 e. The van der Waals surface area contributed by atoms with Gasteiger partial charge in [-0.15, -0.1) is 6.58 Å². The van der Waals surface area contributed by atoms with E-state index in [-0.39, 0.29) is 22.5 Å². The lowest BCUT2D eigenvalue weighted by Gasteiger charge is -2.34. The summed E-state index contributed by atoms with van der Waals surface area (Å²) in [6, 6.07) is 0. The highest BCUT2D eigenvalue weighted by Crippen LogP contribution is 2.35. The molecule has 1 fully saturated rings. The maximum absolute atomic E-state index is 14.8. The molecule has 0 aliphatic carbocycles. The molecule has 0 aromatic carbocycles. The summed E-state index contributed by atoms with van der Waals surface area (Å²) in [6.45, 7) is 20.0. The lowest BCUT2D eigenvalue weighted by molar-refractivity contribution is -0.170. The highest BCUT2D eigenvalue weighted by Gasteiger charge is 2.56. The van der Waals surface area contributed by atoms with Gasteiger partial charge in [-0.2, -0.15) is 0 Å². The molecule has 0 bridgehead atoms. The Hall–Kier alpha value is -2.83. The number of imide groups is 2. The Kier molecular flexibility index (Phi) is 12.2. The van der Waals surface area contributed by atoms with Gasteiger partial charge in [-0.1, -0.05) is 59.1 Å². The summed E-state index contributed by atoms with van der Waals surface area (Å²) < 4.78 is 14.8. The van der Waals surface area contributed by atoms with Gasteiger partial charge in [-0.05, 0) is 6.92 Å². The average Bonchev–Trinajstić information content (AvgIpc) is 2.92. The Morgan fingerprint density at radius 1 is 0.963 bits per heavy atom. The van der Waals surface area contributed by atoms with Crippen LogP contribution in [0.15, 0.2) is 49.1 Å². The van der Waals surface area contributed by atoms with E-state index in [1.54, 1.807) is 11.4 Å². The van der Waals surface area contributed by atoms with Crippen molar-refractivity contribution in [3.8, 4) is 0 Å². The van der Waals surface area contributed by atoms with E-state index >= 15 is 0 Å². The van der Waals surface area contributed by atoms with Crippen LogP contribution >= 0.6 is 0 Å². The third kappa shape index (κ3) is 5.57. The molecule has 2 aliphatic heterocycles. The Morgan fingerprint density at radius 3 is 1.63 bits per heavy atom. The van der Waals surface area contributed by atoms with E-state index < -0.39 is 35.8 Å². The van der Waals surface area contributed by atoms with Crippen molar-refractivity contribution in [3.05, 3.63) is 49.1 Å². The molecule has 150 valence electrons. The van der Waals surface area contributed by atoms with E-state index in [1.165, 1.54) is 0 Å². The van der Waals surface area contributed by atoms with Crippen LogP contribution in [-0.4, -0.2) is 34.3 Å². The fraction of sp³-hybridized carbons (Fsp3) is 0.400. The zero-order chi connectivity index (χ0) is 21.8. The van der Waals surface area contributed by atoms with Crippen LogP contribution < -0.4 is 5.32 Å². The van der Waals surface area contributed by atoms with Crippen molar-refractivity contribution in [1.82, 2.24) is 10.2 Å². The molecule has 0 radical (unpaired) electrons. The number of hydrogen-bond acceptors (Lipinski definition) is 4. The van der Waals surface area contributed by atoms with E-state index in [4.69, 9.17) is 0 Å². The first-order valence-electron chi connectivity index (χ1n) is 8.76. The minimum atomic E-state index is -2.87. The van der Waals surface area contributed by atoms with Crippen LogP contribution in [0.25, 0.3) is 0 Å². The molecular formula is C20H29FN2O4. The molecule has 2 heterocycles. The van der Waals surface area contributed by atoms with E-state index in [0.717, 1.165) is 12.2 Å². The van der Waals surface area contributed by atoms with E-state index in [0.29, 0.717) is 0 Å². The van der Waals surface area contributed by atoms with Crippen LogP contribution in [0.4, 0.5) is 4.39 Å². The van der Waals surface area contributed by atoms with Crippen LogP contribution in [0.2, 0.25) is 0 Å². The molecule has 1 unspecified atom stereocenters. The first kappa shape index (κ1) is 26.4. The topological polar surface area (TPSA) is 83.6 Å². The molecular weight excluding hydrogens is 351 g/mol. The van der Waals surface area contributed by atoms with Crippen LogP contribution in [0.1, 0.15) is 47.5 Å². The quantitative estimate of drug-likeness (QED) is 0.462. The fourth-order valence-electron chi connectivity index (χ4n) is 2.17. The number of rotatable bonds is 3. The molecule has 1 atom stereocenters. The number of carbonyl (C=O) groups is 4. The van der Waals surface area contributed by atoms with Crippen molar-refractivity contribution in [2.75, 3.05) is 0 Å². The van der Waals surface area contributed by atoms with Gasteiger partial charge in [0.05, 0.1) is 11.1 Å². The monoisotopic (exact) mass is 380 g/mol. The second kappa shape index (κ2) is 12.5. The number of amides is 4. The standard InChI is InChI=1S/C13H11FN2O4.C3H6.2C2H6/c1-3-7-8(4-2)11(19)16(10(7)18)13(14)6-5-9(17)15-12(13)20;1-3-2;2*1-2/h3-4H,1-2,5-6H2,(H,15,17,20);3H,1H2,2H3;2*1-2H3. The molecule has 0 aromatic rings. The Balaban J connectivity index is 0. The number of nitrogens with one attached hydrogen (secondary N) is 1. The SMILES string of the molecule is C=CC.C=CC1=C(C=C)C(=O)N(C2(F)CCC(=O)NC2=O)C1=O.CC.CC. The van der Waals surface area contributed by atoms with Crippen molar-refractivity contribution in [1.29, 1.82) is 0 Å². The predicted octanol–water partition coefficient (Wildman–Crippen LogP) is 3.37. The highest BCUT2D eigenvalue weighted by molar-refractivity contribution is 6.24. The number of piperidine rings is 1. The van der Waals surface area contributed by atoms with Crippen LogP contribution in [0.3, 0.4) is 0 Å². The number of carbonyl (C=O) groups excluding carboxylic acids is 4. The second-order valence-electron chi connectivity index (χ2n) is 4.73. The average molecular weight is 380 g/mol. The van der Waals surface area contributed by atoms with Crippen molar-refractivity contribution < 1.29 is 23.6 Å². The number of halogens is 1. The fourth-order valence-corrected chi connectivity index (χ4v) is 2.17. The van der Waals surface area contributed by atoms with E-state index in [2.05, 4.69) is 19.7 Å². The maximum Gasteiger partial charge on any atom is 0.285 e. The largest absolute Gasteiger partial charge is 0.292 e. The minimum absolute atomic E-state index is 0.119. The van der Waals surface area contributed by atoms with Gasteiger partial charge in [-0.3, -0.25) is 24.5 Å². The van der Waals surface area contributed by atoms with Gasteiger partial charge in [0.1, 0.15) is 0 Å². The molecule has 1 saturated heterocycles.